The number of ether oxygens (including phenoxy) is 1. The Morgan fingerprint density at radius 1 is 1.31 bits per heavy atom. The van der Waals surface area contributed by atoms with Crippen molar-refractivity contribution in [2.45, 2.75) is 45.3 Å². The molecule has 0 aromatic carbocycles. The van der Waals surface area contributed by atoms with Crippen LogP contribution in [0, 0.1) is 0 Å². The van der Waals surface area contributed by atoms with Gasteiger partial charge in [-0.2, -0.15) is 0 Å². The lowest BCUT2D eigenvalue weighted by atomic mass is 10.2. The van der Waals surface area contributed by atoms with E-state index in [1.165, 1.54) is 13.8 Å². The minimum Gasteiger partial charge on any atom is -0.460 e. The fraction of sp³-hybridized carbons (Fsp3) is 0.778. The zero-order chi connectivity index (χ0) is 9.84. The van der Waals surface area contributed by atoms with Crippen LogP contribution >= 0.6 is 0 Å². The van der Waals surface area contributed by atoms with Gasteiger partial charge in [0, 0.05) is 13.8 Å². The van der Waals surface area contributed by atoms with Gasteiger partial charge in [-0.15, -0.1) is 0 Å². The third kappa shape index (κ3) is 3.05. The Labute approximate surface area is 77.6 Å². The molecule has 0 aliphatic heterocycles. The second-order valence-corrected chi connectivity index (χ2v) is 3.39. The van der Waals surface area contributed by atoms with Crippen LogP contribution in [0.2, 0.25) is 0 Å². The zero-order valence-electron chi connectivity index (χ0n) is 8.00. The van der Waals surface area contributed by atoms with Gasteiger partial charge in [-0.1, -0.05) is 0 Å². The first kappa shape index (κ1) is 10.0. The first-order valence-corrected chi connectivity index (χ1v) is 4.54. The molecule has 4 nitrogen and oxygen atoms in total. The molecule has 1 amide bonds. The highest BCUT2D eigenvalue weighted by atomic mass is 16.5. The van der Waals surface area contributed by atoms with Gasteiger partial charge in [0.15, 0.2) is 0 Å². The fourth-order valence-electron chi connectivity index (χ4n) is 1.71. The first-order valence-electron chi connectivity index (χ1n) is 4.54. The second kappa shape index (κ2) is 4.25. The topological polar surface area (TPSA) is 55.4 Å². The predicted molar refractivity (Wildman–Crippen MR) is 47.0 cm³/mol. The van der Waals surface area contributed by atoms with Gasteiger partial charge in [-0.3, -0.25) is 9.59 Å². The molecule has 0 spiro atoms. The number of hydrogen-bond acceptors (Lipinski definition) is 3. The summed E-state index contributed by atoms with van der Waals surface area (Å²) in [6.45, 7) is 2.87. The van der Waals surface area contributed by atoms with Gasteiger partial charge in [0.25, 0.3) is 0 Å². The molecule has 2 atom stereocenters. The lowest BCUT2D eigenvalue weighted by molar-refractivity contribution is -0.147. The van der Waals surface area contributed by atoms with E-state index < -0.39 is 0 Å². The third-order valence-electron chi connectivity index (χ3n) is 2.16. The molecule has 1 saturated carbocycles. The van der Waals surface area contributed by atoms with Crippen LogP contribution in [0.4, 0.5) is 0 Å². The predicted octanol–water partition coefficient (Wildman–Crippen LogP) is 0.607. The summed E-state index contributed by atoms with van der Waals surface area (Å²) in [5, 5.41) is 2.78. The Kier molecular flexibility index (Phi) is 3.28. The van der Waals surface area contributed by atoms with Crippen LogP contribution in [-0.2, 0) is 14.3 Å². The molecule has 1 aliphatic carbocycles. The van der Waals surface area contributed by atoms with Crippen molar-refractivity contribution < 1.29 is 14.3 Å². The molecule has 0 radical (unpaired) electrons. The molecule has 0 saturated heterocycles. The van der Waals surface area contributed by atoms with Crippen molar-refractivity contribution in [2.24, 2.45) is 0 Å². The molecular formula is C9H15NO3. The van der Waals surface area contributed by atoms with Crippen molar-refractivity contribution in [2.75, 3.05) is 0 Å². The molecule has 0 heterocycles. The summed E-state index contributed by atoms with van der Waals surface area (Å²) in [6.07, 6.45) is 2.63. The smallest absolute Gasteiger partial charge is 0.302 e. The largest absolute Gasteiger partial charge is 0.460 e. The van der Waals surface area contributed by atoms with Gasteiger partial charge >= 0.3 is 5.97 Å². The van der Waals surface area contributed by atoms with Crippen LogP contribution in [-0.4, -0.2) is 24.0 Å². The summed E-state index contributed by atoms with van der Waals surface area (Å²) in [5.41, 5.74) is 0. The quantitative estimate of drug-likeness (QED) is 0.641. The van der Waals surface area contributed by atoms with E-state index in [0.717, 1.165) is 19.3 Å². The molecule has 1 aliphatic rings. The Hall–Kier alpha value is -1.06. The van der Waals surface area contributed by atoms with E-state index in [-0.39, 0.29) is 24.0 Å². The van der Waals surface area contributed by atoms with Crippen molar-refractivity contribution >= 4 is 11.9 Å². The molecule has 13 heavy (non-hydrogen) atoms. The molecule has 1 rings (SSSR count). The summed E-state index contributed by atoms with van der Waals surface area (Å²) < 4.78 is 5.07. The minimum absolute atomic E-state index is 0.0152. The molecule has 0 aromatic heterocycles. The number of hydrogen-bond donors (Lipinski definition) is 1. The van der Waals surface area contributed by atoms with Crippen LogP contribution < -0.4 is 5.32 Å². The van der Waals surface area contributed by atoms with Crippen molar-refractivity contribution in [3.05, 3.63) is 0 Å². The molecule has 1 fully saturated rings. The molecule has 0 unspecified atom stereocenters. The number of esters is 1. The van der Waals surface area contributed by atoms with Gasteiger partial charge in [-0.05, 0) is 19.3 Å². The van der Waals surface area contributed by atoms with Gasteiger partial charge in [-0.25, -0.2) is 0 Å². The molecular weight excluding hydrogens is 170 g/mol. The number of carbonyl (C=O) groups is 2. The van der Waals surface area contributed by atoms with Gasteiger partial charge < -0.3 is 10.1 Å². The number of amides is 1. The van der Waals surface area contributed by atoms with Gasteiger partial charge in [0.05, 0.1) is 6.04 Å². The molecule has 1 N–H and O–H groups in total. The molecule has 4 heteroatoms. The lowest BCUT2D eigenvalue weighted by Gasteiger charge is -2.19. The maximum atomic E-state index is 10.8. The van der Waals surface area contributed by atoms with Crippen molar-refractivity contribution in [1.29, 1.82) is 0 Å². The van der Waals surface area contributed by atoms with Crippen LogP contribution in [0.5, 0.6) is 0 Å². The highest BCUT2D eigenvalue weighted by Crippen LogP contribution is 2.22. The van der Waals surface area contributed by atoms with Gasteiger partial charge in [0.1, 0.15) is 6.10 Å². The zero-order valence-corrected chi connectivity index (χ0v) is 8.00. The van der Waals surface area contributed by atoms with E-state index in [1.54, 1.807) is 0 Å². The number of nitrogens with one attached hydrogen (secondary N) is 1. The van der Waals surface area contributed by atoms with E-state index in [1.807, 2.05) is 0 Å². The summed E-state index contributed by atoms with van der Waals surface area (Å²) in [7, 11) is 0. The van der Waals surface area contributed by atoms with E-state index in [4.69, 9.17) is 4.74 Å². The first-order chi connectivity index (χ1) is 6.09. The van der Waals surface area contributed by atoms with Crippen molar-refractivity contribution in [3.63, 3.8) is 0 Å². The Morgan fingerprint density at radius 2 is 2.00 bits per heavy atom. The summed E-state index contributed by atoms with van der Waals surface area (Å²) in [4.78, 5) is 21.5. The number of rotatable bonds is 2. The lowest BCUT2D eigenvalue weighted by Crippen LogP contribution is -2.40. The average Bonchev–Trinajstić information content (AvgIpc) is 2.34. The van der Waals surface area contributed by atoms with Crippen LogP contribution in [0.3, 0.4) is 0 Å². The summed E-state index contributed by atoms with van der Waals surface area (Å²) in [5.74, 6) is -0.341. The molecule has 0 bridgehead atoms. The average molecular weight is 185 g/mol. The third-order valence-corrected chi connectivity index (χ3v) is 2.16. The van der Waals surface area contributed by atoms with E-state index in [0.29, 0.717) is 0 Å². The Morgan fingerprint density at radius 3 is 2.54 bits per heavy atom. The van der Waals surface area contributed by atoms with Crippen molar-refractivity contribution in [3.8, 4) is 0 Å². The van der Waals surface area contributed by atoms with Crippen LogP contribution in [0.1, 0.15) is 33.1 Å². The standard InChI is InChI=1S/C9H15NO3/c1-6(11)10-8-4-3-5-9(8)13-7(2)12/h8-9H,3-5H2,1-2H3,(H,10,11)/t8-,9-/m1/s1. The van der Waals surface area contributed by atoms with Crippen molar-refractivity contribution in [1.82, 2.24) is 5.32 Å². The second-order valence-electron chi connectivity index (χ2n) is 3.39. The summed E-state index contributed by atoms with van der Waals surface area (Å²) in [6, 6.07) is 0.0152. The minimum atomic E-state index is -0.276. The fourth-order valence-corrected chi connectivity index (χ4v) is 1.71. The van der Waals surface area contributed by atoms with E-state index in [2.05, 4.69) is 5.32 Å². The number of carbonyl (C=O) groups excluding carboxylic acids is 2. The van der Waals surface area contributed by atoms with Crippen LogP contribution in [0.25, 0.3) is 0 Å². The normalized spacial score (nSPS) is 26.9. The maximum Gasteiger partial charge on any atom is 0.302 e. The monoisotopic (exact) mass is 185 g/mol. The molecule has 0 aromatic rings. The summed E-state index contributed by atoms with van der Waals surface area (Å²) >= 11 is 0. The maximum absolute atomic E-state index is 10.8. The van der Waals surface area contributed by atoms with E-state index >= 15 is 0 Å². The highest BCUT2D eigenvalue weighted by molar-refractivity contribution is 5.73. The van der Waals surface area contributed by atoms with E-state index in [9.17, 15) is 9.59 Å². The molecule has 74 valence electrons. The van der Waals surface area contributed by atoms with Gasteiger partial charge in [0.2, 0.25) is 5.91 Å². The Balaban J connectivity index is 2.43. The SMILES string of the molecule is CC(=O)N[C@@H]1CCC[C@H]1OC(C)=O. The van der Waals surface area contributed by atoms with Crippen LogP contribution in [0.15, 0.2) is 0 Å². The Bertz CT molecular complexity index is 193. The highest BCUT2D eigenvalue weighted by Gasteiger charge is 2.29.